The summed E-state index contributed by atoms with van der Waals surface area (Å²) in [4.78, 5) is 6.27. The van der Waals surface area contributed by atoms with Crippen molar-refractivity contribution in [3.05, 3.63) is 35.5 Å². The van der Waals surface area contributed by atoms with Gasteiger partial charge in [-0.25, -0.2) is 4.99 Å². The summed E-state index contributed by atoms with van der Waals surface area (Å²) in [6.45, 7) is 5.93. The summed E-state index contributed by atoms with van der Waals surface area (Å²) in [6, 6.07) is 12.4. The fourth-order valence-corrected chi connectivity index (χ4v) is 1.87. The maximum absolute atomic E-state index is 9.09. The molecule has 1 rings (SSSR count). The predicted molar refractivity (Wildman–Crippen MR) is 85.2 cm³/mol. The Kier molecular flexibility index (Phi) is 6.16. The zero-order valence-corrected chi connectivity index (χ0v) is 12.5. The van der Waals surface area contributed by atoms with Crippen LogP contribution in [0.15, 0.2) is 40.5 Å². The Morgan fingerprint density at radius 1 is 1.05 bits per heavy atom. The normalized spacial score (nSPS) is 10.0. The lowest BCUT2D eigenvalue weighted by atomic mass is 10.2. The van der Waals surface area contributed by atoms with E-state index in [9.17, 15) is 0 Å². The minimum Gasteiger partial charge on any atom is -0.395 e. The zero-order valence-electron chi connectivity index (χ0n) is 12.5. The third-order valence-corrected chi connectivity index (χ3v) is 3.07. The highest BCUT2D eigenvalue weighted by atomic mass is 15.1. The summed E-state index contributed by atoms with van der Waals surface area (Å²) in [5.41, 5.74) is 6.55. The lowest BCUT2D eigenvalue weighted by molar-refractivity contribution is 0.866. The number of anilines is 1. The van der Waals surface area contributed by atoms with Crippen molar-refractivity contribution in [3.63, 3.8) is 0 Å². The highest BCUT2D eigenvalue weighted by molar-refractivity contribution is 6.13. The third kappa shape index (κ3) is 3.85. The minimum absolute atomic E-state index is 0.145. The van der Waals surface area contributed by atoms with Gasteiger partial charge in [0.2, 0.25) is 0 Å². The van der Waals surface area contributed by atoms with Crippen LogP contribution < -0.4 is 10.6 Å². The second-order valence-corrected chi connectivity index (χ2v) is 4.27. The molecule has 0 radical (unpaired) electrons. The van der Waals surface area contributed by atoms with Gasteiger partial charge < -0.3 is 10.6 Å². The molecule has 6 heteroatoms. The predicted octanol–water partition coefficient (Wildman–Crippen LogP) is 2.39. The van der Waals surface area contributed by atoms with Crippen molar-refractivity contribution in [2.45, 2.75) is 13.8 Å². The molecule has 2 N–H and O–H groups in total. The van der Waals surface area contributed by atoms with Crippen LogP contribution in [0.25, 0.3) is 0 Å². The fourth-order valence-electron chi connectivity index (χ4n) is 1.87. The molecule has 0 atom stereocenters. The first-order valence-electron chi connectivity index (χ1n) is 6.75. The maximum atomic E-state index is 9.09. The molecular formula is C16H16N6. The summed E-state index contributed by atoms with van der Waals surface area (Å²) in [6.07, 6.45) is 0. The van der Waals surface area contributed by atoms with Crippen molar-refractivity contribution >= 4 is 17.1 Å². The van der Waals surface area contributed by atoms with E-state index in [1.54, 1.807) is 24.3 Å². The van der Waals surface area contributed by atoms with E-state index in [0.29, 0.717) is 5.69 Å². The van der Waals surface area contributed by atoms with Crippen LogP contribution in [0.4, 0.5) is 11.4 Å². The van der Waals surface area contributed by atoms with Crippen molar-refractivity contribution in [2.24, 2.45) is 10.7 Å². The van der Waals surface area contributed by atoms with Gasteiger partial charge in [-0.05, 0) is 38.1 Å². The van der Waals surface area contributed by atoms with E-state index < -0.39 is 0 Å². The number of aliphatic imine (C=N–C) groups is 1. The molecule has 0 fully saturated rings. The Labute approximate surface area is 130 Å². The van der Waals surface area contributed by atoms with E-state index in [1.807, 2.05) is 18.2 Å². The Balaban J connectivity index is 3.17. The van der Waals surface area contributed by atoms with Crippen LogP contribution >= 0.6 is 0 Å². The van der Waals surface area contributed by atoms with Crippen molar-refractivity contribution in [1.29, 1.82) is 15.8 Å². The van der Waals surface area contributed by atoms with Gasteiger partial charge in [-0.2, -0.15) is 15.8 Å². The maximum Gasteiger partial charge on any atom is 0.166 e. The summed E-state index contributed by atoms with van der Waals surface area (Å²) in [5, 5.41) is 26.7. The molecule has 0 aliphatic carbocycles. The zero-order chi connectivity index (χ0) is 16.5. The Bertz CT molecular complexity index is 687. The molecule has 0 unspecified atom stereocenters. The molecule has 0 saturated carbocycles. The van der Waals surface area contributed by atoms with E-state index >= 15 is 0 Å². The molecule has 0 aromatic heterocycles. The van der Waals surface area contributed by atoms with Gasteiger partial charge in [-0.15, -0.1) is 0 Å². The van der Waals surface area contributed by atoms with Gasteiger partial charge >= 0.3 is 0 Å². The summed E-state index contributed by atoms with van der Waals surface area (Å²) in [7, 11) is 0. The van der Waals surface area contributed by atoms with Crippen LogP contribution in [0.3, 0.4) is 0 Å². The monoisotopic (exact) mass is 292 g/mol. The first kappa shape index (κ1) is 16.8. The molecule has 0 saturated heterocycles. The SMILES string of the molecule is CCN(CC)c1ccc(N=C(C#N)C(N)=C(C#N)C#N)cc1. The van der Waals surface area contributed by atoms with Crippen molar-refractivity contribution in [1.82, 2.24) is 0 Å². The summed E-state index contributed by atoms with van der Waals surface area (Å²) in [5.74, 6) is 0. The number of hydrogen-bond acceptors (Lipinski definition) is 6. The number of nitrogens with two attached hydrogens (primary N) is 1. The number of hydrogen-bond donors (Lipinski definition) is 1. The molecule has 0 bridgehead atoms. The molecule has 0 aliphatic rings. The fraction of sp³-hybridized carbons (Fsp3) is 0.250. The van der Waals surface area contributed by atoms with Crippen LogP contribution in [0.1, 0.15) is 13.8 Å². The smallest absolute Gasteiger partial charge is 0.166 e. The molecule has 0 heterocycles. The minimum atomic E-state index is -0.319. The van der Waals surface area contributed by atoms with Gasteiger partial charge in [0.25, 0.3) is 0 Å². The molecule has 0 amide bonds. The average Bonchev–Trinajstić information content (AvgIpc) is 2.56. The van der Waals surface area contributed by atoms with Crippen molar-refractivity contribution in [2.75, 3.05) is 18.0 Å². The van der Waals surface area contributed by atoms with Gasteiger partial charge in [0.15, 0.2) is 11.3 Å². The van der Waals surface area contributed by atoms with E-state index in [2.05, 4.69) is 23.7 Å². The van der Waals surface area contributed by atoms with Crippen LogP contribution in [0, 0.1) is 34.0 Å². The lowest BCUT2D eigenvalue weighted by Gasteiger charge is -2.20. The molecule has 1 aromatic rings. The molecule has 0 spiro atoms. The van der Waals surface area contributed by atoms with Gasteiger partial charge in [0.1, 0.15) is 18.2 Å². The second kappa shape index (κ2) is 8.09. The Morgan fingerprint density at radius 3 is 2.00 bits per heavy atom. The Hall–Kier alpha value is -3.30. The molecular weight excluding hydrogens is 276 g/mol. The molecule has 0 aliphatic heterocycles. The summed E-state index contributed by atoms with van der Waals surface area (Å²) < 4.78 is 0. The van der Waals surface area contributed by atoms with E-state index in [0.717, 1.165) is 18.8 Å². The highest BCUT2D eigenvalue weighted by Crippen LogP contribution is 2.20. The number of rotatable bonds is 5. The second-order valence-electron chi connectivity index (χ2n) is 4.27. The largest absolute Gasteiger partial charge is 0.395 e. The van der Waals surface area contributed by atoms with Crippen LogP contribution in [-0.2, 0) is 0 Å². The van der Waals surface area contributed by atoms with E-state index in [1.165, 1.54) is 0 Å². The number of nitriles is 3. The lowest BCUT2D eigenvalue weighted by Crippen LogP contribution is -2.21. The average molecular weight is 292 g/mol. The van der Waals surface area contributed by atoms with Crippen LogP contribution in [0.5, 0.6) is 0 Å². The molecule has 110 valence electrons. The van der Waals surface area contributed by atoms with Crippen LogP contribution in [-0.4, -0.2) is 18.8 Å². The molecule has 6 nitrogen and oxygen atoms in total. The molecule has 1 aromatic carbocycles. The highest BCUT2D eigenvalue weighted by Gasteiger charge is 2.10. The van der Waals surface area contributed by atoms with Gasteiger partial charge in [0, 0.05) is 18.8 Å². The van der Waals surface area contributed by atoms with Gasteiger partial charge in [0.05, 0.1) is 11.4 Å². The van der Waals surface area contributed by atoms with Gasteiger partial charge in [-0.1, -0.05) is 0 Å². The van der Waals surface area contributed by atoms with Gasteiger partial charge in [-0.3, -0.25) is 0 Å². The quantitative estimate of drug-likeness (QED) is 0.661. The molecule has 22 heavy (non-hydrogen) atoms. The van der Waals surface area contributed by atoms with E-state index in [-0.39, 0.29) is 17.0 Å². The summed E-state index contributed by atoms with van der Waals surface area (Å²) >= 11 is 0. The Morgan fingerprint density at radius 2 is 1.59 bits per heavy atom. The number of allylic oxidation sites excluding steroid dienone is 2. The van der Waals surface area contributed by atoms with Crippen molar-refractivity contribution in [3.8, 4) is 18.2 Å². The first-order chi connectivity index (χ1) is 10.6. The standard InChI is InChI=1S/C16H16N6/c1-3-22(4-2)14-7-5-13(6-8-14)21-15(11-19)16(20)12(9-17)10-18/h5-8H,3-4,20H2,1-2H3. The van der Waals surface area contributed by atoms with Crippen LogP contribution in [0.2, 0.25) is 0 Å². The first-order valence-corrected chi connectivity index (χ1v) is 6.75. The third-order valence-electron chi connectivity index (χ3n) is 3.07. The van der Waals surface area contributed by atoms with E-state index in [4.69, 9.17) is 21.5 Å². The number of nitrogens with zero attached hydrogens (tertiary/aromatic N) is 5. The number of benzene rings is 1. The van der Waals surface area contributed by atoms with Crippen molar-refractivity contribution < 1.29 is 0 Å². The topological polar surface area (TPSA) is 113 Å².